The van der Waals surface area contributed by atoms with Crippen molar-refractivity contribution in [1.29, 1.82) is 0 Å². The fourth-order valence-electron chi connectivity index (χ4n) is 3.83. The lowest BCUT2D eigenvalue weighted by molar-refractivity contribution is 0.356. The van der Waals surface area contributed by atoms with Gasteiger partial charge in [0.25, 0.3) is 0 Å². The molecule has 0 spiro atoms. The van der Waals surface area contributed by atoms with Crippen LogP contribution in [0.5, 0.6) is 23.0 Å². The minimum Gasteiger partial charge on any atom is -0.493 e. The summed E-state index contributed by atoms with van der Waals surface area (Å²) < 4.78 is 21.8. The fourth-order valence-corrected chi connectivity index (χ4v) is 3.83. The van der Waals surface area contributed by atoms with Crippen molar-refractivity contribution in [1.82, 2.24) is 9.97 Å². The molecule has 4 aromatic rings. The van der Waals surface area contributed by atoms with Crippen molar-refractivity contribution in [3.05, 3.63) is 72.3 Å². The zero-order valence-corrected chi connectivity index (χ0v) is 18.7. The average molecular weight is 431 g/mol. The molecule has 0 saturated heterocycles. The van der Waals surface area contributed by atoms with E-state index in [4.69, 9.17) is 18.9 Å². The second-order valence-electron chi connectivity index (χ2n) is 7.25. The Hall–Kier alpha value is -3.80. The van der Waals surface area contributed by atoms with Crippen molar-refractivity contribution in [2.24, 2.45) is 0 Å². The summed E-state index contributed by atoms with van der Waals surface area (Å²) in [5.41, 5.74) is 1.97. The molecule has 0 aliphatic rings. The molecule has 6 heteroatoms. The van der Waals surface area contributed by atoms with Gasteiger partial charge in [-0.05, 0) is 47.2 Å². The van der Waals surface area contributed by atoms with Crippen molar-refractivity contribution in [3.8, 4) is 23.0 Å². The van der Waals surface area contributed by atoms with Gasteiger partial charge in [0.05, 0.1) is 39.8 Å². The van der Waals surface area contributed by atoms with E-state index in [0.717, 1.165) is 32.9 Å². The SMILES string of the molecule is COc1cc2ccnc(CC=CCc3nccc4cc(OC)c(OC)cc34)c2cc1OC. The molecule has 2 aromatic carbocycles. The van der Waals surface area contributed by atoms with Crippen LogP contribution in [0.15, 0.2) is 60.9 Å². The molecule has 2 heterocycles. The van der Waals surface area contributed by atoms with E-state index in [1.165, 1.54) is 0 Å². The lowest BCUT2D eigenvalue weighted by Gasteiger charge is -2.11. The third-order valence-corrected chi connectivity index (χ3v) is 5.49. The van der Waals surface area contributed by atoms with Crippen LogP contribution in [0.2, 0.25) is 0 Å². The number of methoxy groups -OCH3 is 4. The van der Waals surface area contributed by atoms with Crippen molar-refractivity contribution >= 4 is 21.5 Å². The predicted octanol–water partition coefficient (Wildman–Crippen LogP) is 5.16. The van der Waals surface area contributed by atoms with Gasteiger partial charge < -0.3 is 18.9 Å². The Morgan fingerprint density at radius 1 is 0.594 bits per heavy atom. The summed E-state index contributed by atoms with van der Waals surface area (Å²) in [5.74, 6) is 2.81. The highest BCUT2D eigenvalue weighted by molar-refractivity contribution is 5.89. The fraction of sp³-hybridized carbons (Fsp3) is 0.231. The number of rotatable bonds is 8. The second-order valence-corrected chi connectivity index (χ2v) is 7.25. The van der Waals surface area contributed by atoms with Gasteiger partial charge in [0.2, 0.25) is 0 Å². The summed E-state index contributed by atoms with van der Waals surface area (Å²) in [6.07, 6.45) is 9.30. The minimum atomic E-state index is 0.697. The quantitative estimate of drug-likeness (QED) is 0.360. The van der Waals surface area contributed by atoms with Gasteiger partial charge in [0.15, 0.2) is 23.0 Å². The third kappa shape index (κ3) is 4.17. The number of hydrogen-bond donors (Lipinski definition) is 0. The molecule has 0 aliphatic carbocycles. The third-order valence-electron chi connectivity index (χ3n) is 5.49. The highest BCUT2D eigenvalue weighted by atomic mass is 16.5. The van der Waals surface area contributed by atoms with Crippen molar-refractivity contribution in [2.75, 3.05) is 28.4 Å². The van der Waals surface area contributed by atoms with Crippen LogP contribution in [0.25, 0.3) is 21.5 Å². The largest absolute Gasteiger partial charge is 0.493 e. The maximum absolute atomic E-state index is 5.46. The van der Waals surface area contributed by atoms with E-state index in [9.17, 15) is 0 Å². The molecule has 32 heavy (non-hydrogen) atoms. The molecule has 0 radical (unpaired) electrons. The molecule has 164 valence electrons. The molecule has 0 amide bonds. The van der Waals surface area contributed by atoms with Crippen LogP contribution in [0.3, 0.4) is 0 Å². The van der Waals surface area contributed by atoms with Crippen molar-refractivity contribution in [2.45, 2.75) is 12.8 Å². The maximum atomic E-state index is 5.46. The molecule has 6 nitrogen and oxygen atoms in total. The van der Waals surface area contributed by atoms with Crippen molar-refractivity contribution in [3.63, 3.8) is 0 Å². The molecule has 0 bridgehead atoms. The Kier molecular flexibility index (Phi) is 6.40. The van der Waals surface area contributed by atoms with Crippen LogP contribution in [0.1, 0.15) is 11.4 Å². The molecule has 0 fully saturated rings. The summed E-state index contributed by atoms with van der Waals surface area (Å²) in [4.78, 5) is 9.16. The summed E-state index contributed by atoms with van der Waals surface area (Å²) >= 11 is 0. The van der Waals surface area contributed by atoms with Gasteiger partial charge in [0.1, 0.15) is 0 Å². The van der Waals surface area contributed by atoms with Crippen LogP contribution >= 0.6 is 0 Å². The van der Waals surface area contributed by atoms with E-state index in [1.807, 2.05) is 48.8 Å². The zero-order chi connectivity index (χ0) is 22.5. The number of aromatic nitrogens is 2. The Morgan fingerprint density at radius 3 is 1.34 bits per heavy atom. The highest BCUT2D eigenvalue weighted by Crippen LogP contribution is 2.34. The maximum Gasteiger partial charge on any atom is 0.161 e. The number of allylic oxidation sites excluding steroid dienone is 2. The summed E-state index contributed by atoms with van der Waals surface area (Å²) in [5, 5.41) is 4.24. The van der Waals surface area contributed by atoms with Gasteiger partial charge in [-0.3, -0.25) is 9.97 Å². The van der Waals surface area contributed by atoms with E-state index >= 15 is 0 Å². The Bertz CT molecular complexity index is 1180. The Balaban J connectivity index is 1.58. The first-order chi connectivity index (χ1) is 15.7. The lowest BCUT2D eigenvalue weighted by atomic mass is 10.0. The number of ether oxygens (including phenoxy) is 4. The van der Waals surface area contributed by atoms with Crippen LogP contribution in [0, 0.1) is 0 Å². The molecule has 0 saturated carbocycles. The molecule has 0 N–H and O–H groups in total. The second kappa shape index (κ2) is 9.56. The van der Waals surface area contributed by atoms with Gasteiger partial charge >= 0.3 is 0 Å². The summed E-state index contributed by atoms with van der Waals surface area (Å²) in [6, 6.07) is 11.9. The number of pyridine rings is 2. The highest BCUT2D eigenvalue weighted by Gasteiger charge is 2.10. The van der Waals surface area contributed by atoms with Crippen LogP contribution < -0.4 is 18.9 Å². The molecule has 4 rings (SSSR count). The first-order valence-electron chi connectivity index (χ1n) is 10.3. The predicted molar refractivity (Wildman–Crippen MR) is 126 cm³/mol. The first-order valence-corrected chi connectivity index (χ1v) is 10.3. The number of hydrogen-bond acceptors (Lipinski definition) is 6. The molecule has 0 aliphatic heterocycles. The summed E-state index contributed by atoms with van der Waals surface area (Å²) in [6.45, 7) is 0. The van der Waals surface area contributed by atoms with E-state index < -0.39 is 0 Å². The molecular weight excluding hydrogens is 404 g/mol. The normalized spacial score (nSPS) is 11.2. The van der Waals surface area contributed by atoms with Crippen LogP contribution in [-0.4, -0.2) is 38.4 Å². The molecule has 0 atom stereocenters. The minimum absolute atomic E-state index is 0.697. The number of benzene rings is 2. The van der Waals surface area contributed by atoms with E-state index in [-0.39, 0.29) is 0 Å². The first kappa shape index (κ1) is 21.4. The smallest absolute Gasteiger partial charge is 0.161 e. The monoisotopic (exact) mass is 430 g/mol. The number of nitrogens with zero attached hydrogens (tertiary/aromatic N) is 2. The summed E-state index contributed by atoms with van der Waals surface area (Å²) in [7, 11) is 6.56. The van der Waals surface area contributed by atoms with Crippen LogP contribution in [0.4, 0.5) is 0 Å². The lowest BCUT2D eigenvalue weighted by Crippen LogP contribution is -1.95. The van der Waals surface area contributed by atoms with Crippen molar-refractivity contribution < 1.29 is 18.9 Å². The molecule has 0 unspecified atom stereocenters. The van der Waals surface area contributed by atoms with Gasteiger partial charge in [-0.25, -0.2) is 0 Å². The molecule has 2 aromatic heterocycles. The Labute approximate surface area is 187 Å². The zero-order valence-electron chi connectivity index (χ0n) is 18.7. The van der Waals surface area contributed by atoms with Gasteiger partial charge in [0, 0.05) is 36.0 Å². The van der Waals surface area contributed by atoms with Crippen LogP contribution in [-0.2, 0) is 12.8 Å². The van der Waals surface area contributed by atoms with Gasteiger partial charge in [-0.1, -0.05) is 12.2 Å². The number of fused-ring (bicyclic) bond motifs is 2. The Morgan fingerprint density at radius 2 is 0.969 bits per heavy atom. The van der Waals surface area contributed by atoms with Gasteiger partial charge in [-0.2, -0.15) is 0 Å². The molecular formula is C26H26N2O4. The topological polar surface area (TPSA) is 62.7 Å². The van der Waals surface area contributed by atoms with E-state index in [2.05, 4.69) is 22.1 Å². The van der Waals surface area contributed by atoms with E-state index in [0.29, 0.717) is 35.8 Å². The van der Waals surface area contributed by atoms with Gasteiger partial charge in [-0.15, -0.1) is 0 Å². The standard InChI is InChI=1S/C26H26N2O4/c1-29-23-13-17-9-11-27-21(19(17)15-25(23)31-3)7-5-6-8-22-20-16-26(32-4)24(30-2)14-18(20)10-12-28-22/h5-6,9-16H,7-8H2,1-4H3. The van der Waals surface area contributed by atoms with E-state index in [1.54, 1.807) is 28.4 Å². The average Bonchev–Trinajstić information content (AvgIpc) is 2.84.